The summed E-state index contributed by atoms with van der Waals surface area (Å²) in [5, 5.41) is 1.27. The minimum atomic E-state index is -0.130. The van der Waals surface area contributed by atoms with Crippen LogP contribution in [0.15, 0.2) is 42.5 Å². The second-order valence-corrected chi connectivity index (χ2v) is 5.53. The average molecular weight is 296 g/mol. The summed E-state index contributed by atoms with van der Waals surface area (Å²) < 4.78 is 1.73. The van der Waals surface area contributed by atoms with Crippen molar-refractivity contribution in [2.75, 3.05) is 0 Å². The van der Waals surface area contributed by atoms with Crippen LogP contribution in [-0.2, 0) is 7.05 Å². The van der Waals surface area contributed by atoms with Gasteiger partial charge in [-0.1, -0.05) is 48.0 Å². The van der Waals surface area contributed by atoms with Crippen molar-refractivity contribution >= 4 is 34.1 Å². The van der Waals surface area contributed by atoms with Gasteiger partial charge in [-0.25, -0.2) is 0 Å². The first-order valence-corrected chi connectivity index (χ1v) is 6.94. The minimum absolute atomic E-state index is 0.118. The Morgan fingerprint density at radius 3 is 2.29 bits per heavy atom. The van der Waals surface area contributed by atoms with Crippen molar-refractivity contribution in [2.45, 2.75) is 0 Å². The molecule has 0 radical (unpaired) electrons. The van der Waals surface area contributed by atoms with Crippen LogP contribution in [0.5, 0.6) is 0 Å². The summed E-state index contributed by atoms with van der Waals surface area (Å²) in [4.78, 5) is 25.5. The average Bonchev–Trinajstić information content (AvgIpc) is 2.80. The van der Waals surface area contributed by atoms with Crippen molar-refractivity contribution in [1.82, 2.24) is 4.57 Å². The molecule has 0 atom stereocenters. The topological polar surface area (TPSA) is 39.1 Å². The molecule has 1 aromatic heterocycles. The molecule has 2 aromatic carbocycles. The molecule has 3 nitrogen and oxygen atoms in total. The first-order valence-electron chi connectivity index (χ1n) is 6.56. The zero-order valence-corrected chi connectivity index (χ0v) is 11.9. The quantitative estimate of drug-likeness (QED) is 0.497. The predicted octanol–water partition coefficient (Wildman–Crippen LogP) is 3.61. The van der Waals surface area contributed by atoms with Crippen molar-refractivity contribution in [1.29, 1.82) is 0 Å². The number of aryl methyl sites for hydroxylation is 1. The smallest absolute Gasteiger partial charge is 0.210 e. The van der Waals surface area contributed by atoms with Crippen LogP contribution in [-0.4, -0.2) is 16.1 Å². The molecule has 102 valence electrons. The number of carbonyl (C=O) groups is 2. The van der Waals surface area contributed by atoms with Gasteiger partial charge in [-0.3, -0.25) is 9.59 Å². The molecule has 0 aliphatic heterocycles. The fourth-order valence-electron chi connectivity index (χ4n) is 3.10. The second-order valence-electron chi connectivity index (χ2n) is 5.12. The number of para-hydroxylation sites is 1. The van der Waals surface area contributed by atoms with Gasteiger partial charge in [0.15, 0.2) is 5.78 Å². The van der Waals surface area contributed by atoms with Crippen molar-refractivity contribution in [3.8, 4) is 0 Å². The normalized spacial score (nSPS) is 13.4. The van der Waals surface area contributed by atoms with Crippen LogP contribution >= 0.6 is 11.6 Å². The first-order chi connectivity index (χ1) is 10.1. The molecule has 0 amide bonds. The number of rotatable bonds is 0. The fourth-order valence-corrected chi connectivity index (χ4v) is 3.40. The third-order valence-corrected chi connectivity index (χ3v) is 4.33. The van der Waals surface area contributed by atoms with Gasteiger partial charge in [0, 0.05) is 23.6 Å². The van der Waals surface area contributed by atoms with Crippen LogP contribution in [0.25, 0.3) is 10.9 Å². The molecule has 21 heavy (non-hydrogen) atoms. The van der Waals surface area contributed by atoms with E-state index in [1.807, 2.05) is 6.07 Å². The molecule has 0 spiro atoms. The summed E-state index contributed by atoms with van der Waals surface area (Å²) in [6.07, 6.45) is 0. The summed E-state index contributed by atoms with van der Waals surface area (Å²) in [6.45, 7) is 0. The Morgan fingerprint density at radius 1 is 0.905 bits per heavy atom. The predicted molar refractivity (Wildman–Crippen MR) is 81.2 cm³/mol. The maximum Gasteiger partial charge on any atom is 0.210 e. The van der Waals surface area contributed by atoms with Crippen LogP contribution < -0.4 is 0 Å². The first kappa shape index (κ1) is 12.4. The van der Waals surface area contributed by atoms with E-state index in [-0.39, 0.29) is 11.6 Å². The van der Waals surface area contributed by atoms with Gasteiger partial charge in [0.25, 0.3) is 0 Å². The highest BCUT2D eigenvalue weighted by molar-refractivity contribution is 6.38. The van der Waals surface area contributed by atoms with Crippen LogP contribution in [0.2, 0.25) is 5.02 Å². The lowest BCUT2D eigenvalue weighted by Crippen LogP contribution is -2.22. The SMILES string of the molecule is Cn1c2c(c3cccc(Cl)c31)C(=O)c1ccccc1C2=O. The molecule has 4 rings (SSSR count). The number of nitrogens with zero attached hydrogens (tertiary/aromatic N) is 1. The summed E-state index contributed by atoms with van der Waals surface area (Å²) in [5.41, 5.74) is 2.51. The second kappa shape index (κ2) is 4.06. The van der Waals surface area contributed by atoms with E-state index in [1.165, 1.54) is 0 Å². The highest BCUT2D eigenvalue weighted by Gasteiger charge is 2.34. The summed E-state index contributed by atoms with van der Waals surface area (Å²) >= 11 is 6.25. The Bertz CT molecular complexity index is 953. The van der Waals surface area contributed by atoms with Crippen LogP contribution in [0.4, 0.5) is 0 Å². The molecule has 0 saturated carbocycles. The van der Waals surface area contributed by atoms with E-state index in [2.05, 4.69) is 0 Å². The van der Waals surface area contributed by atoms with Gasteiger partial charge in [-0.15, -0.1) is 0 Å². The largest absolute Gasteiger partial charge is 0.339 e. The zero-order chi connectivity index (χ0) is 14.7. The fraction of sp³-hybridized carbons (Fsp3) is 0.0588. The Morgan fingerprint density at radius 2 is 1.57 bits per heavy atom. The number of carbonyl (C=O) groups excluding carboxylic acids is 2. The molecular weight excluding hydrogens is 286 g/mol. The summed E-state index contributed by atoms with van der Waals surface area (Å²) in [7, 11) is 1.77. The van der Waals surface area contributed by atoms with E-state index >= 15 is 0 Å². The Balaban J connectivity index is 2.20. The molecule has 1 aliphatic carbocycles. The molecule has 3 aromatic rings. The lowest BCUT2D eigenvalue weighted by molar-refractivity contribution is 0.0975. The van der Waals surface area contributed by atoms with Crippen LogP contribution in [0.1, 0.15) is 32.0 Å². The molecule has 0 bridgehead atoms. The Labute approximate surface area is 125 Å². The number of hydrogen-bond donors (Lipinski definition) is 0. The zero-order valence-electron chi connectivity index (χ0n) is 11.2. The Kier molecular flexibility index (Phi) is 2.39. The van der Waals surface area contributed by atoms with Gasteiger partial charge in [0.1, 0.15) is 5.69 Å². The van der Waals surface area contributed by atoms with E-state index in [9.17, 15) is 9.59 Å². The molecule has 1 heterocycles. The standard InChI is InChI=1S/C17H10ClNO2/c1-19-14-11(7-4-8-12(14)18)13-15(19)17(21)10-6-3-2-5-9(10)16(13)20/h2-8H,1H3. The number of hydrogen-bond acceptors (Lipinski definition) is 2. The van der Waals surface area contributed by atoms with Gasteiger partial charge in [-0.2, -0.15) is 0 Å². The minimum Gasteiger partial charge on any atom is -0.339 e. The molecule has 0 N–H and O–H groups in total. The van der Waals surface area contributed by atoms with E-state index in [1.54, 1.807) is 48.0 Å². The summed E-state index contributed by atoms with van der Waals surface area (Å²) in [6, 6.07) is 12.3. The summed E-state index contributed by atoms with van der Waals surface area (Å²) in [5.74, 6) is -0.247. The maximum absolute atomic E-state index is 12.8. The highest BCUT2D eigenvalue weighted by Crippen LogP contribution is 2.36. The van der Waals surface area contributed by atoms with Gasteiger partial charge >= 0.3 is 0 Å². The third kappa shape index (κ3) is 1.44. The molecule has 0 fully saturated rings. The number of ketones is 2. The van der Waals surface area contributed by atoms with Crippen molar-refractivity contribution < 1.29 is 9.59 Å². The molecule has 0 unspecified atom stereocenters. The third-order valence-electron chi connectivity index (χ3n) is 4.02. The van der Waals surface area contributed by atoms with E-state index in [0.717, 1.165) is 10.9 Å². The highest BCUT2D eigenvalue weighted by atomic mass is 35.5. The van der Waals surface area contributed by atoms with Crippen LogP contribution in [0, 0.1) is 0 Å². The molecule has 0 saturated heterocycles. The number of aromatic nitrogens is 1. The lowest BCUT2D eigenvalue weighted by atomic mass is 9.87. The van der Waals surface area contributed by atoms with Crippen LogP contribution in [0.3, 0.4) is 0 Å². The molecule has 4 heteroatoms. The van der Waals surface area contributed by atoms with Crippen molar-refractivity contribution in [2.24, 2.45) is 7.05 Å². The molecular formula is C17H10ClNO2. The van der Waals surface area contributed by atoms with E-state index in [0.29, 0.717) is 27.4 Å². The van der Waals surface area contributed by atoms with Crippen molar-refractivity contribution in [3.05, 3.63) is 69.9 Å². The lowest BCUT2D eigenvalue weighted by Gasteiger charge is -2.15. The van der Waals surface area contributed by atoms with E-state index in [4.69, 9.17) is 11.6 Å². The maximum atomic E-state index is 12.8. The number of benzene rings is 2. The number of halogens is 1. The van der Waals surface area contributed by atoms with Gasteiger partial charge < -0.3 is 4.57 Å². The monoisotopic (exact) mass is 295 g/mol. The Hall–Kier alpha value is -2.39. The molecule has 1 aliphatic rings. The van der Waals surface area contributed by atoms with E-state index < -0.39 is 0 Å². The van der Waals surface area contributed by atoms with Gasteiger partial charge in [0.05, 0.1) is 16.1 Å². The van der Waals surface area contributed by atoms with Gasteiger partial charge in [-0.05, 0) is 6.07 Å². The van der Waals surface area contributed by atoms with Gasteiger partial charge in [0.2, 0.25) is 5.78 Å². The van der Waals surface area contributed by atoms with Crippen molar-refractivity contribution in [3.63, 3.8) is 0 Å². The number of fused-ring (bicyclic) bond motifs is 4.